The van der Waals surface area contributed by atoms with E-state index in [-0.39, 0.29) is 15.5 Å². The third kappa shape index (κ3) is 2.91. The van der Waals surface area contributed by atoms with Crippen LogP contribution in [0, 0.1) is 19.7 Å². The van der Waals surface area contributed by atoms with Gasteiger partial charge in [0.15, 0.2) is 0 Å². The van der Waals surface area contributed by atoms with Crippen molar-refractivity contribution in [3.05, 3.63) is 41.5 Å². The molecular weight excluding hydrogens is 329 g/mol. The van der Waals surface area contributed by atoms with Gasteiger partial charge in [-0.15, -0.1) is 3.77 Å². The minimum atomic E-state index is -4.22. The van der Waals surface area contributed by atoms with Crippen molar-refractivity contribution in [1.82, 2.24) is 9.78 Å². The molecule has 0 fully saturated rings. The van der Waals surface area contributed by atoms with Crippen LogP contribution in [0.4, 0.5) is 4.39 Å². The molecule has 1 aromatic carbocycles. The maximum atomic E-state index is 13.8. The standard InChI is InChI=1S/C13H16FN3O3S2/c1-9-13(10(2)17(3)15-9)22(19,20)16-21(4,18)12-8-6-5-7-11(12)14/h5-8H,1-4H3. The molecule has 0 saturated heterocycles. The summed E-state index contributed by atoms with van der Waals surface area (Å²) in [6.07, 6.45) is 1.10. The van der Waals surface area contributed by atoms with Crippen LogP contribution in [0.5, 0.6) is 0 Å². The van der Waals surface area contributed by atoms with Crippen LogP contribution in [-0.2, 0) is 26.8 Å². The average Bonchev–Trinajstić information content (AvgIpc) is 2.62. The highest BCUT2D eigenvalue weighted by Crippen LogP contribution is 2.24. The van der Waals surface area contributed by atoms with Crippen LogP contribution in [0.3, 0.4) is 0 Å². The minimum absolute atomic E-state index is 0.0964. The Bertz CT molecular complexity index is 955. The molecule has 0 amide bonds. The third-order valence-electron chi connectivity index (χ3n) is 3.19. The van der Waals surface area contributed by atoms with E-state index < -0.39 is 25.6 Å². The Kier molecular flexibility index (Phi) is 4.14. The molecule has 0 N–H and O–H groups in total. The normalized spacial score (nSPS) is 14.6. The predicted molar refractivity (Wildman–Crippen MR) is 81.0 cm³/mol. The number of hydrogen-bond acceptors (Lipinski definition) is 4. The van der Waals surface area contributed by atoms with Crippen LogP contribution in [0.25, 0.3) is 0 Å². The number of rotatable bonds is 3. The molecule has 2 rings (SSSR count). The van der Waals surface area contributed by atoms with Crippen LogP contribution in [0.2, 0.25) is 0 Å². The lowest BCUT2D eigenvalue weighted by Gasteiger charge is -2.06. The van der Waals surface area contributed by atoms with Crippen molar-refractivity contribution >= 4 is 19.8 Å². The number of aromatic nitrogens is 2. The van der Waals surface area contributed by atoms with Crippen LogP contribution >= 0.6 is 0 Å². The van der Waals surface area contributed by atoms with Crippen molar-refractivity contribution in [3.8, 4) is 0 Å². The molecule has 9 heteroatoms. The van der Waals surface area contributed by atoms with Gasteiger partial charge in [-0.1, -0.05) is 12.1 Å². The molecule has 0 aliphatic heterocycles. The van der Waals surface area contributed by atoms with Gasteiger partial charge in [0.05, 0.1) is 26.0 Å². The van der Waals surface area contributed by atoms with E-state index in [2.05, 4.69) is 8.87 Å². The van der Waals surface area contributed by atoms with Gasteiger partial charge in [-0.3, -0.25) is 4.68 Å². The third-order valence-corrected chi connectivity index (χ3v) is 7.36. The smallest absolute Gasteiger partial charge is 0.271 e. The molecule has 120 valence electrons. The molecule has 6 nitrogen and oxygen atoms in total. The molecule has 0 saturated carbocycles. The lowest BCUT2D eigenvalue weighted by Crippen LogP contribution is -2.08. The van der Waals surface area contributed by atoms with Crippen molar-refractivity contribution in [2.24, 2.45) is 10.8 Å². The Hall–Kier alpha value is -1.74. The second-order valence-corrected chi connectivity index (χ2v) is 8.91. The number of benzene rings is 1. The SMILES string of the molecule is Cc1nn(C)c(C)c1S(=O)(=O)N=S(C)(=O)c1ccccc1F. The molecule has 1 atom stereocenters. The van der Waals surface area contributed by atoms with E-state index in [0.29, 0.717) is 5.69 Å². The second-order valence-electron chi connectivity index (χ2n) is 4.91. The highest BCUT2D eigenvalue weighted by Gasteiger charge is 2.26. The Labute approximate surface area is 129 Å². The highest BCUT2D eigenvalue weighted by molar-refractivity contribution is 8.03. The summed E-state index contributed by atoms with van der Waals surface area (Å²) in [4.78, 5) is -0.335. The van der Waals surface area contributed by atoms with Gasteiger partial charge in [-0.2, -0.15) is 13.5 Å². The Morgan fingerprint density at radius 2 is 1.77 bits per heavy atom. The number of sulfonamides is 1. The van der Waals surface area contributed by atoms with E-state index in [9.17, 15) is 17.0 Å². The Balaban J connectivity index is 2.70. The number of nitrogens with zero attached hydrogens (tertiary/aromatic N) is 3. The molecule has 1 unspecified atom stereocenters. The summed E-state index contributed by atoms with van der Waals surface area (Å²) in [5, 5.41) is 4.01. The van der Waals surface area contributed by atoms with E-state index in [4.69, 9.17) is 0 Å². The summed E-state index contributed by atoms with van der Waals surface area (Å²) in [5.41, 5.74) is 0.637. The van der Waals surface area contributed by atoms with Crippen molar-refractivity contribution < 1.29 is 17.0 Å². The van der Waals surface area contributed by atoms with E-state index in [1.807, 2.05) is 0 Å². The summed E-state index contributed by atoms with van der Waals surface area (Å²) >= 11 is 0. The fraction of sp³-hybridized carbons (Fsp3) is 0.308. The van der Waals surface area contributed by atoms with Gasteiger partial charge in [0.2, 0.25) is 0 Å². The van der Waals surface area contributed by atoms with Crippen LogP contribution in [0.15, 0.2) is 37.8 Å². The van der Waals surface area contributed by atoms with E-state index in [1.165, 1.54) is 29.8 Å². The van der Waals surface area contributed by atoms with Crippen molar-refractivity contribution in [2.75, 3.05) is 6.26 Å². The largest absolute Gasteiger partial charge is 0.294 e. The molecule has 0 aliphatic carbocycles. The van der Waals surface area contributed by atoms with Gasteiger partial charge < -0.3 is 0 Å². The maximum Gasteiger partial charge on any atom is 0.294 e. The minimum Gasteiger partial charge on any atom is -0.271 e. The zero-order chi connectivity index (χ0) is 16.7. The first-order chi connectivity index (χ1) is 10.1. The highest BCUT2D eigenvalue weighted by atomic mass is 32.3. The molecule has 1 heterocycles. The molecule has 0 aliphatic rings. The summed E-state index contributed by atoms with van der Waals surface area (Å²) in [7, 11) is -6.07. The van der Waals surface area contributed by atoms with Gasteiger partial charge in [-0.05, 0) is 26.0 Å². The van der Waals surface area contributed by atoms with Gasteiger partial charge in [0.25, 0.3) is 10.0 Å². The summed E-state index contributed by atoms with van der Waals surface area (Å²) in [5.74, 6) is -0.756. The zero-order valence-corrected chi connectivity index (χ0v) is 14.2. The first-order valence-electron chi connectivity index (χ1n) is 6.29. The van der Waals surface area contributed by atoms with Crippen LogP contribution < -0.4 is 0 Å². The zero-order valence-electron chi connectivity index (χ0n) is 12.6. The first kappa shape index (κ1) is 16.6. The molecular formula is C13H16FN3O3S2. The van der Waals surface area contributed by atoms with Gasteiger partial charge >= 0.3 is 0 Å². The summed E-state index contributed by atoms with van der Waals surface area (Å²) in [6, 6.07) is 5.28. The van der Waals surface area contributed by atoms with Gasteiger partial charge in [0, 0.05) is 13.3 Å². The van der Waals surface area contributed by atoms with Crippen LogP contribution in [-0.4, -0.2) is 28.7 Å². The summed E-state index contributed by atoms with van der Waals surface area (Å²) < 4.78 is 56.2. The second kappa shape index (κ2) is 5.47. The number of hydrogen-bond donors (Lipinski definition) is 0. The molecule has 22 heavy (non-hydrogen) atoms. The molecule has 0 bridgehead atoms. The van der Waals surface area contributed by atoms with E-state index in [1.54, 1.807) is 14.0 Å². The molecule has 2 aromatic rings. The van der Waals surface area contributed by atoms with Crippen LogP contribution in [0.1, 0.15) is 11.4 Å². The van der Waals surface area contributed by atoms with Crippen molar-refractivity contribution in [2.45, 2.75) is 23.6 Å². The fourth-order valence-electron chi connectivity index (χ4n) is 2.14. The van der Waals surface area contributed by atoms with Gasteiger partial charge in [-0.25, -0.2) is 8.60 Å². The fourth-order valence-corrected chi connectivity index (χ4v) is 5.94. The molecule has 0 spiro atoms. The van der Waals surface area contributed by atoms with E-state index >= 15 is 0 Å². The summed E-state index contributed by atoms with van der Waals surface area (Å²) in [6.45, 7) is 3.10. The predicted octanol–water partition coefficient (Wildman–Crippen LogP) is 2.02. The lowest BCUT2D eigenvalue weighted by atomic mass is 10.4. The lowest BCUT2D eigenvalue weighted by molar-refractivity contribution is 0.592. The number of aryl methyl sites for hydroxylation is 2. The van der Waals surface area contributed by atoms with Crippen molar-refractivity contribution in [3.63, 3.8) is 0 Å². The monoisotopic (exact) mass is 345 g/mol. The maximum absolute atomic E-state index is 13.8. The molecule has 0 radical (unpaired) electrons. The Morgan fingerprint density at radius 1 is 1.18 bits per heavy atom. The number of halogens is 1. The quantitative estimate of drug-likeness (QED) is 0.852. The Morgan fingerprint density at radius 3 is 2.27 bits per heavy atom. The first-order valence-corrected chi connectivity index (χ1v) is 9.66. The van der Waals surface area contributed by atoms with Crippen molar-refractivity contribution in [1.29, 1.82) is 0 Å². The molecule has 1 aromatic heterocycles. The average molecular weight is 345 g/mol. The van der Waals surface area contributed by atoms with E-state index in [0.717, 1.165) is 12.3 Å². The van der Waals surface area contributed by atoms with Gasteiger partial charge in [0.1, 0.15) is 10.7 Å². The topological polar surface area (TPSA) is 81.4 Å².